The van der Waals surface area contributed by atoms with Gasteiger partial charge in [-0.1, -0.05) is 88.9 Å². The Bertz CT molecular complexity index is 4240. The molecular weight excluding hydrogens is 1210 g/mol. The Hall–Kier alpha value is -4.93. The van der Waals surface area contributed by atoms with E-state index in [4.69, 9.17) is 0 Å². The zero-order chi connectivity index (χ0) is 60.9. The van der Waals surface area contributed by atoms with Gasteiger partial charge >= 0.3 is 29.6 Å². The number of fused-ring (bicyclic) bond motifs is 6. The molecule has 0 fully saturated rings. The van der Waals surface area contributed by atoms with Gasteiger partial charge in [-0.2, -0.15) is 50.5 Å². The quantitative estimate of drug-likeness (QED) is 0.0125. The third-order valence-corrected chi connectivity index (χ3v) is 19.5. The number of nitrogens with one attached hydrogen (secondary N) is 2. The first-order valence-corrected chi connectivity index (χ1v) is 34.1. The van der Waals surface area contributed by atoms with Crippen LogP contribution in [-0.4, -0.2) is 157 Å². The van der Waals surface area contributed by atoms with Gasteiger partial charge in [0.2, 0.25) is 5.91 Å². The molecular formula is C53H63N4NaO19S6. The number of allylic oxidation sites excluding steroid dienone is 5. The van der Waals surface area contributed by atoms with Crippen molar-refractivity contribution in [2.75, 3.05) is 47.5 Å². The first-order chi connectivity index (χ1) is 37.7. The minimum atomic E-state index is -5.12. The minimum absolute atomic E-state index is 0. The van der Waals surface area contributed by atoms with Crippen molar-refractivity contribution in [3.05, 3.63) is 137 Å². The van der Waals surface area contributed by atoms with E-state index < -0.39 is 109 Å². The second-order valence-corrected chi connectivity index (χ2v) is 29.8. The van der Waals surface area contributed by atoms with E-state index in [1.165, 1.54) is 24.3 Å². The van der Waals surface area contributed by atoms with Gasteiger partial charge in [0, 0.05) is 70.4 Å². The van der Waals surface area contributed by atoms with Crippen molar-refractivity contribution < 1.29 is 82.6 Å². The van der Waals surface area contributed by atoms with Crippen molar-refractivity contribution in [1.82, 2.24) is 10.6 Å². The summed E-state index contributed by atoms with van der Waals surface area (Å²) < 4.78 is 210. The van der Waals surface area contributed by atoms with Gasteiger partial charge in [-0.3, -0.25) is 32.1 Å². The molecule has 0 saturated carbocycles. The van der Waals surface area contributed by atoms with E-state index in [1.807, 2.05) is 24.3 Å². The maximum absolute atomic E-state index is 12.8. The molecule has 23 nitrogen and oxygen atoms in total. The van der Waals surface area contributed by atoms with Crippen LogP contribution in [-0.2, 0) is 82.9 Å². The molecule has 0 radical (unpaired) electrons. The van der Waals surface area contributed by atoms with E-state index in [-0.39, 0.29) is 82.9 Å². The van der Waals surface area contributed by atoms with Gasteiger partial charge in [0.05, 0.1) is 27.3 Å². The van der Waals surface area contributed by atoms with Gasteiger partial charge in [-0.05, 0) is 114 Å². The van der Waals surface area contributed by atoms with Crippen LogP contribution in [0.4, 0.5) is 11.4 Å². The third kappa shape index (κ3) is 15.4. The molecule has 2 aliphatic heterocycles. The van der Waals surface area contributed by atoms with Gasteiger partial charge in [0.25, 0.3) is 60.7 Å². The van der Waals surface area contributed by atoms with Gasteiger partial charge in [-0.25, -0.2) is 0 Å². The van der Waals surface area contributed by atoms with E-state index in [0.29, 0.717) is 83.1 Å². The first kappa shape index (κ1) is 67.2. The van der Waals surface area contributed by atoms with Crippen molar-refractivity contribution in [3.63, 3.8) is 0 Å². The second-order valence-electron chi connectivity index (χ2n) is 21.1. The van der Waals surface area contributed by atoms with Crippen LogP contribution in [0.15, 0.2) is 135 Å². The number of hydrogen-bond donors (Lipinski definition) is 8. The van der Waals surface area contributed by atoms with Crippen LogP contribution in [0.2, 0.25) is 0 Å². The molecule has 2 aliphatic rings. The summed E-state index contributed by atoms with van der Waals surface area (Å²) in [4.78, 5) is 12.1. The summed E-state index contributed by atoms with van der Waals surface area (Å²) in [7, 11) is -29.4. The number of anilines is 2. The molecule has 5 aromatic rings. The summed E-state index contributed by atoms with van der Waals surface area (Å²) in [6, 6.07) is 15.6. The molecule has 0 bridgehead atoms. The van der Waals surface area contributed by atoms with Crippen molar-refractivity contribution in [2.45, 2.75) is 96.9 Å². The number of benzene rings is 5. The number of hydrogen-bond acceptors (Lipinski definition) is 16. The normalized spacial score (nSPS) is 17.1. The van der Waals surface area contributed by atoms with Crippen molar-refractivity contribution >= 4 is 135 Å². The van der Waals surface area contributed by atoms with E-state index in [0.717, 1.165) is 17.7 Å². The van der Waals surface area contributed by atoms with Gasteiger partial charge in [0.15, 0.2) is 0 Å². The van der Waals surface area contributed by atoms with E-state index in [2.05, 4.69) is 17.2 Å². The van der Waals surface area contributed by atoms with Crippen LogP contribution in [0.25, 0.3) is 27.1 Å². The molecule has 2 heterocycles. The Kier molecular flexibility index (Phi) is 20.1. The molecule has 0 aromatic heterocycles. The monoisotopic (exact) mass is 1270 g/mol. The Morgan fingerprint density at radius 2 is 1.13 bits per heavy atom. The Balaban J connectivity index is 0.0000111. The Labute approximate surface area is 505 Å². The molecule has 5 aromatic carbocycles. The number of carbonyl (C=O) groups is 1. The molecule has 0 spiro atoms. The molecule has 1 atom stereocenters. The fourth-order valence-corrected chi connectivity index (χ4v) is 14.4. The predicted octanol–water partition coefficient (Wildman–Crippen LogP) is 5.85. The molecule has 30 heteroatoms. The summed E-state index contributed by atoms with van der Waals surface area (Å²) in [6.45, 7) is 13.4. The van der Waals surface area contributed by atoms with Gasteiger partial charge in [-0.15, -0.1) is 0 Å². The molecule has 446 valence electrons. The average molecular weight is 1280 g/mol. The molecule has 0 aliphatic carbocycles. The van der Waals surface area contributed by atoms with Crippen molar-refractivity contribution in [1.29, 1.82) is 0 Å². The number of amides is 1. The summed E-state index contributed by atoms with van der Waals surface area (Å²) in [5.41, 5.74) is 1.73. The van der Waals surface area contributed by atoms with Crippen LogP contribution in [0.5, 0.6) is 0 Å². The molecule has 1 amide bonds. The fourth-order valence-electron chi connectivity index (χ4n) is 10.7. The number of carbonyl (C=O) groups excluding carboxylic acids is 1. The van der Waals surface area contributed by atoms with Crippen LogP contribution in [0, 0.1) is 0 Å². The van der Waals surface area contributed by atoms with E-state index >= 15 is 0 Å². The van der Waals surface area contributed by atoms with Crippen LogP contribution in [0.3, 0.4) is 0 Å². The zero-order valence-corrected chi connectivity index (χ0v) is 49.8. The summed E-state index contributed by atoms with van der Waals surface area (Å²) in [5, 5.41) is 5.90. The predicted molar refractivity (Wildman–Crippen MR) is 317 cm³/mol. The summed E-state index contributed by atoms with van der Waals surface area (Å²) >= 11 is 0. The Morgan fingerprint density at radius 1 is 0.627 bits per heavy atom. The summed E-state index contributed by atoms with van der Waals surface area (Å²) in [6.07, 6.45) is 7.22. The molecule has 1 unspecified atom stereocenters. The summed E-state index contributed by atoms with van der Waals surface area (Å²) in [5.74, 6) is -1.60. The topological polar surface area (TPSA) is 374 Å². The second kappa shape index (κ2) is 24.8. The van der Waals surface area contributed by atoms with Crippen LogP contribution >= 0.6 is 0 Å². The van der Waals surface area contributed by atoms with Gasteiger partial charge in [0.1, 0.15) is 9.79 Å². The Morgan fingerprint density at radius 3 is 1.63 bits per heavy atom. The van der Waals surface area contributed by atoms with E-state index in [1.54, 1.807) is 68.7 Å². The zero-order valence-electron chi connectivity index (χ0n) is 44.9. The van der Waals surface area contributed by atoms with Gasteiger partial charge < -0.3 is 20.4 Å². The van der Waals surface area contributed by atoms with Crippen molar-refractivity contribution in [3.8, 4) is 0 Å². The van der Waals surface area contributed by atoms with Crippen molar-refractivity contribution in [2.24, 2.45) is 0 Å². The maximum atomic E-state index is 12.8. The van der Waals surface area contributed by atoms with Crippen LogP contribution < -0.4 is 20.4 Å². The fraction of sp³-hybridized carbons (Fsp3) is 0.340. The molecule has 7 rings (SSSR count). The number of nitrogens with zero attached hydrogens (tertiary/aromatic N) is 2. The van der Waals surface area contributed by atoms with Crippen LogP contribution in [0.1, 0.15) is 76.1 Å². The molecule has 83 heavy (non-hydrogen) atoms. The SMILES string of the molecule is C=C(C)C(=O)NCCCNCc1ccc(C(=C\C=C2/N(CCCS(=O)(=O)O)c3ccc4c(S(=O)(=O)O)cc(S(=O)(=O)O)cc4c3C2(C)C)/C=C/C2N(CCCS(=O)(=O)O)c3ccc4c(S(=O)(=O)O)cc(S(=O)(=O)O)cc4c3C2(C)C)cc1.[NaH]. The third-order valence-electron chi connectivity index (χ3n) is 14.4. The van der Waals surface area contributed by atoms with E-state index in [9.17, 15) is 82.6 Å². The molecule has 0 saturated heterocycles. The average Bonchev–Trinajstić information content (AvgIpc) is 3.75. The standard InChI is InChI=1S/C53H62N4O19S6.Na.H/c1-33(2)51(58)55-23-7-22-54-32-34-10-12-35(13-11-34)36(14-20-47-52(3,4)49-41-28-37(79(65,66)67)30-45(81(71,72)73)39(41)16-18-43(49)56(47)24-8-26-77(59,60)61)15-21-48-53(5,6)50-42-29-38(80(68,69)70)31-46(82(74,75)76)40(42)17-19-44(50)57(48)25-9-27-78(62,63)64;;/h10-21,28-31,47,54H,1,7-9,22-27,32H2,2-6H3,(H,55,58)(H,59,60,61)(H,62,63,64)(H,65,66,67)(H,68,69,70)(H,71,72,73)(H,74,75,76);;/b20-14+,36-15-,48-21-;;. The first-order valence-electron chi connectivity index (χ1n) is 25.1. The molecule has 8 N–H and O–H groups in total. The number of rotatable bonds is 23.